The van der Waals surface area contributed by atoms with Gasteiger partial charge >= 0.3 is 0 Å². The fourth-order valence-electron chi connectivity index (χ4n) is 3.18. The van der Waals surface area contributed by atoms with Gasteiger partial charge in [-0.1, -0.05) is 12.1 Å². The van der Waals surface area contributed by atoms with Gasteiger partial charge in [0.25, 0.3) is 5.91 Å². The summed E-state index contributed by atoms with van der Waals surface area (Å²) in [6, 6.07) is 6.04. The molecular formula is C21H24N4O. The topological polar surface area (TPSA) is 59.0 Å². The Kier molecular flexibility index (Phi) is 4.98. The summed E-state index contributed by atoms with van der Waals surface area (Å²) in [5.41, 5.74) is 5.29. The van der Waals surface area contributed by atoms with Gasteiger partial charge in [-0.3, -0.25) is 4.79 Å². The van der Waals surface area contributed by atoms with E-state index in [0.29, 0.717) is 12.1 Å². The molecule has 0 aliphatic heterocycles. The van der Waals surface area contributed by atoms with E-state index in [-0.39, 0.29) is 11.9 Å². The van der Waals surface area contributed by atoms with E-state index in [9.17, 15) is 4.79 Å². The molecule has 3 aromatic rings. The maximum atomic E-state index is 13.3. The first-order chi connectivity index (χ1) is 12.4. The van der Waals surface area contributed by atoms with Gasteiger partial charge < -0.3 is 4.90 Å². The number of aryl methyl sites for hydroxylation is 2. The number of benzene rings is 1. The van der Waals surface area contributed by atoms with Gasteiger partial charge in [0.15, 0.2) is 0 Å². The standard InChI is InChI=1S/C21H24N4O/c1-6-25(13(2)3)21(26)18-9-19(16-10-22-12-23-11-16)24-20-15(5)14(4)7-8-17(18)20/h7-13H,6H2,1-5H3. The molecule has 0 aliphatic carbocycles. The largest absolute Gasteiger partial charge is 0.336 e. The van der Waals surface area contributed by atoms with Gasteiger partial charge in [-0.05, 0) is 51.8 Å². The van der Waals surface area contributed by atoms with Crippen LogP contribution in [0.15, 0.2) is 36.9 Å². The summed E-state index contributed by atoms with van der Waals surface area (Å²) >= 11 is 0. The van der Waals surface area contributed by atoms with Gasteiger partial charge in [-0.15, -0.1) is 0 Å². The fraction of sp³-hybridized carbons (Fsp3) is 0.333. The quantitative estimate of drug-likeness (QED) is 0.710. The number of carbonyl (C=O) groups is 1. The van der Waals surface area contributed by atoms with Crippen LogP contribution in [0.3, 0.4) is 0 Å². The highest BCUT2D eigenvalue weighted by Gasteiger charge is 2.22. The smallest absolute Gasteiger partial charge is 0.254 e. The van der Waals surface area contributed by atoms with E-state index in [2.05, 4.69) is 16.9 Å². The molecule has 2 aromatic heterocycles. The van der Waals surface area contributed by atoms with Crippen molar-refractivity contribution in [3.05, 3.63) is 53.6 Å². The highest BCUT2D eigenvalue weighted by Crippen LogP contribution is 2.29. The van der Waals surface area contributed by atoms with Crippen molar-refractivity contribution in [1.29, 1.82) is 0 Å². The Balaban J connectivity index is 2.30. The van der Waals surface area contributed by atoms with Crippen LogP contribution in [0.1, 0.15) is 42.3 Å². The molecule has 0 fully saturated rings. The van der Waals surface area contributed by atoms with Crippen LogP contribution in [0, 0.1) is 13.8 Å². The van der Waals surface area contributed by atoms with E-state index < -0.39 is 0 Å². The second-order valence-electron chi connectivity index (χ2n) is 6.77. The average Bonchev–Trinajstić information content (AvgIpc) is 2.65. The lowest BCUT2D eigenvalue weighted by Gasteiger charge is -2.26. The summed E-state index contributed by atoms with van der Waals surface area (Å²) in [6.45, 7) is 10.8. The Bertz CT molecular complexity index is 951. The third-order valence-corrected chi connectivity index (χ3v) is 4.82. The van der Waals surface area contributed by atoms with E-state index in [0.717, 1.165) is 33.3 Å². The second kappa shape index (κ2) is 7.20. The van der Waals surface area contributed by atoms with Gasteiger partial charge in [0, 0.05) is 35.9 Å². The monoisotopic (exact) mass is 348 g/mol. The Labute approximate surface area is 154 Å². The van der Waals surface area contributed by atoms with Crippen LogP contribution >= 0.6 is 0 Å². The molecule has 1 amide bonds. The Morgan fingerprint density at radius 3 is 2.46 bits per heavy atom. The average molecular weight is 348 g/mol. The summed E-state index contributed by atoms with van der Waals surface area (Å²) in [5.74, 6) is 0.0243. The first kappa shape index (κ1) is 18.0. The molecule has 2 heterocycles. The highest BCUT2D eigenvalue weighted by atomic mass is 16.2. The number of amides is 1. The molecule has 0 unspecified atom stereocenters. The molecule has 5 heteroatoms. The lowest BCUT2D eigenvalue weighted by atomic mass is 9.99. The van der Waals surface area contributed by atoms with Gasteiger partial charge in [0.1, 0.15) is 6.33 Å². The molecule has 1 aromatic carbocycles. The third kappa shape index (κ3) is 3.17. The summed E-state index contributed by atoms with van der Waals surface area (Å²) in [6.07, 6.45) is 4.94. The van der Waals surface area contributed by atoms with Gasteiger partial charge in [-0.25, -0.2) is 15.0 Å². The highest BCUT2D eigenvalue weighted by molar-refractivity contribution is 6.08. The number of pyridine rings is 1. The molecule has 0 aliphatic rings. The number of hydrogen-bond acceptors (Lipinski definition) is 4. The minimum atomic E-state index is 0.0243. The number of hydrogen-bond donors (Lipinski definition) is 0. The summed E-state index contributed by atoms with van der Waals surface area (Å²) < 4.78 is 0. The molecular weight excluding hydrogens is 324 g/mol. The van der Waals surface area contributed by atoms with E-state index in [1.165, 1.54) is 6.33 Å². The number of nitrogens with zero attached hydrogens (tertiary/aromatic N) is 4. The molecule has 0 saturated heterocycles. The molecule has 0 radical (unpaired) electrons. The molecule has 0 atom stereocenters. The lowest BCUT2D eigenvalue weighted by molar-refractivity contribution is 0.0719. The van der Waals surface area contributed by atoms with Crippen molar-refractivity contribution < 1.29 is 4.79 Å². The predicted molar refractivity (Wildman–Crippen MR) is 104 cm³/mol. The molecule has 26 heavy (non-hydrogen) atoms. The molecule has 0 spiro atoms. The van der Waals surface area contributed by atoms with Crippen molar-refractivity contribution in [1.82, 2.24) is 19.9 Å². The summed E-state index contributed by atoms with van der Waals surface area (Å²) in [5, 5.41) is 0.887. The van der Waals surface area contributed by atoms with Crippen LogP contribution in [0.2, 0.25) is 0 Å². The molecule has 5 nitrogen and oxygen atoms in total. The van der Waals surface area contributed by atoms with Crippen LogP contribution < -0.4 is 0 Å². The maximum Gasteiger partial charge on any atom is 0.254 e. The van der Waals surface area contributed by atoms with Crippen molar-refractivity contribution in [2.75, 3.05) is 6.54 Å². The minimum Gasteiger partial charge on any atom is -0.336 e. The number of aromatic nitrogens is 3. The first-order valence-corrected chi connectivity index (χ1v) is 8.91. The van der Waals surface area contributed by atoms with E-state index >= 15 is 0 Å². The Hall–Kier alpha value is -2.82. The zero-order valence-electron chi connectivity index (χ0n) is 15.9. The predicted octanol–water partition coefficient (Wildman–Crippen LogP) is 4.18. The fourth-order valence-corrected chi connectivity index (χ4v) is 3.18. The molecule has 0 bridgehead atoms. The minimum absolute atomic E-state index is 0.0243. The van der Waals surface area contributed by atoms with Gasteiger partial charge in [0.2, 0.25) is 0 Å². The van der Waals surface area contributed by atoms with E-state index in [1.54, 1.807) is 12.4 Å². The molecule has 3 rings (SSSR count). The second-order valence-corrected chi connectivity index (χ2v) is 6.77. The van der Waals surface area contributed by atoms with Crippen molar-refractivity contribution in [2.24, 2.45) is 0 Å². The van der Waals surface area contributed by atoms with Crippen LogP contribution in [-0.4, -0.2) is 38.3 Å². The SMILES string of the molecule is CCN(C(=O)c1cc(-c2cncnc2)nc2c(C)c(C)ccc12)C(C)C. The van der Waals surface area contributed by atoms with E-state index in [4.69, 9.17) is 4.98 Å². The normalized spacial score (nSPS) is 11.2. The zero-order valence-corrected chi connectivity index (χ0v) is 15.9. The van der Waals surface area contributed by atoms with Crippen molar-refractivity contribution in [3.8, 4) is 11.3 Å². The number of fused-ring (bicyclic) bond motifs is 1. The van der Waals surface area contributed by atoms with Crippen LogP contribution in [0.5, 0.6) is 0 Å². The molecule has 134 valence electrons. The van der Waals surface area contributed by atoms with Crippen molar-refractivity contribution in [3.63, 3.8) is 0 Å². The van der Waals surface area contributed by atoms with Crippen LogP contribution in [0.25, 0.3) is 22.2 Å². The zero-order chi connectivity index (χ0) is 18.8. The van der Waals surface area contributed by atoms with Crippen LogP contribution in [0.4, 0.5) is 0 Å². The number of rotatable bonds is 4. The summed E-state index contributed by atoms with van der Waals surface area (Å²) in [7, 11) is 0. The van der Waals surface area contributed by atoms with Gasteiger partial charge in [-0.2, -0.15) is 0 Å². The first-order valence-electron chi connectivity index (χ1n) is 8.91. The lowest BCUT2D eigenvalue weighted by Crippen LogP contribution is -2.36. The van der Waals surface area contributed by atoms with Crippen LogP contribution in [-0.2, 0) is 0 Å². The maximum absolute atomic E-state index is 13.3. The van der Waals surface area contributed by atoms with Crippen molar-refractivity contribution in [2.45, 2.75) is 40.7 Å². The van der Waals surface area contributed by atoms with Crippen molar-refractivity contribution >= 4 is 16.8 Å². The summed E-state index contributed by atoms with van der Waals surface area (Å²) in [4.78, 5) is 28.2. The number of carbonyl (C=O) groups excluding carboxylic acids is 1. The molecule has 0 saturated carbocycles. The van der Waals surface area contributed by atoms with E-state index in [1.807, 2.05) is 50.8 Å². The van der Waals surface area contributed by atoms with Gasteiger partial charge in [0.05, 0.1) is 16.8 Å². The molecule has 0 N–H and O–H groups in total. The Morgan fingerprint density at radius 2 is 1.85 bits per heavy atom. The Morgan fingerprint density at radius 1 is 1.15 bits per heavy atom. The third-order valence-electron chi connectivity index (χ3n) is 4.82.